The van der Waals surface area contributed by atoms with Gasteiger partial charge in [0.1, 0.15) is 40.4 Å². The molecule has 2 aromatic heterocycles. The van der Waals surface area contributed by atoms with Crippen LogP contribution in [0.1, 0.15) is 75.9 Å². The molecule has 1 unspecified atom stereocenters. The van der Waals surface area contributed by atoms with Gasteiger partial charge < -0.3 is 23.8 Å². The summed E-state index contributed by atoms with van der Waals surface area (Å²) in [5, 5.41) is 2.42. The number of thiazole rings is 1. The van der Waals surface area contributed by atoms with Crippen molar-refractivity contribution in [2.45, 2.75) is 84.3 Å². The van der Waals surface area contributed by atoms with E-state index < -0.39 is 47.1 Å². The zero-order valence-electron chi connectivity index (χ0n) is 37.4. The number of piperidine rings is 1. The number of rotatable bonds is 12. The Kier molecular flexibility index (Phi) is 13.4. The van der Waals surface area contributed by atoms with Crippen LogP contribution in [0.3, 0.4) is 0 Å². The number of nitrogens with one attached hydrogen (secondary N) is 1. The summed E-state index contributed by atoms with van der Waals surface area (Å²) in [7, 11) is 1.49. The number of hydrogen-bond acceptors (Lipinski definition) is 12. The third kappa shape index (κ3) is 11.1. The average Bonchev–Trinajstić information content (AvgIpc) is 3.81. The van der Waals surface area contributed by atoms with Gasteiger partial charge in [-0.2, -0.15) is 13.2 Å². The first-order valence-electron chi connectivity index (χ1n) is 21.1. The Morgan fingerprint density at radius 1 is 0.848 bits per heavy atom. The molecular formula is C47H49F3N6O9S. The van der Waals surface area contributed by atoms with Crippen LogP contribution in [-0.2, 0) is 36.5 Å². The lowest BCUT2D eigenvalue weighted by atomic mass is 10.00. The van der Waals surface area contributed by atoms with Gasteiger partial charge in [0.25, 0.3) is 5.91 Å². The fourth-order valence-electron chi connectivity index (χ4n) is 7.28. The topological polar surface area (TPSA) is 170 Å². The smallest absolute Gasteiger partial charge is 0.417 e. The molecule has 2 aliphatic heterocycles. The molecule has 5 aromatic rings. The van der Waals surface area contributed by atoms with Crippen LogP contribution in [0.25, 0.3) is 31.9 Å². The first kappa shape index (κ1) is 47.4. The third-order valence-electron chi connectivity index (χ3n) is 10.4. The monoisotopic (exact) mass is 930 g/mol. The molecule has 0 spiro atoms. The number of halogens is 3. The molecule has 1 fully saturated rings. The summed E-state index contributed by atoms with van der Waals surface area (Å²) >= 11 is 1.05. The fourth-order valence-corrected chi connectivity index (χ4v) is 8.32. The van der Waals surface area contributed by atoms with Crippen LogP contribution in [0.4, 0.5) is 34.3 Å². The number of fused-ring (bicyclic) bond motifs is 2. The molecule has 5 amide bonds. The zero-order chi connectivity index (χ0) is 47.7. The van der Waals surface area contributed by atoms with E-state index in [0.29, 0.717) is 38.3 Å². The molecule has 0 radical (unpaired) electrons. The lowest BCUT2D eigenvalue weighted by Gasteiger charge is -2.29. The molecule has 0 bridgehead atoms. The maximum atomic E-state index is 14.7. The number of benzene rings is 3. The van der Waals surface area contributed by atoms with E-state index >= 15 is 0 Å². The van der Waals surface area contributed by atoms with Crippen molar-refractivity contribution in [3.8, 4) is 27.4 Å². The molecule has 15 nitrogen and oxygen atoms in total. The second-order valence-electron chi connectivity index (χ2n) is 17.7. The van der Waals surface area contributed by atoms with E-state index in [9.17, 15) is 37.1 Å². The second-order valence-corrected chi connectivity index (χ2v) is 18.7. The highest BCUT2D eigenvalue weighted by atomic mass is 32.1. The van der Waals surface area contributed by atoms with Gasteiger partial charge >= 0.3 is 18.4 Å². The number of carbonyl (C=O) groups excluding carboxylic acids is 5. The number of imide groups is 1. The van der Waals surface area contributed by atoms with Gasteiger partial charge in [-0.3, -0.25) is 29.5 Å². The van der Waals surface area contributed by atoms with Gasteiger partial charge in [-0.1, -0.05) is 12.1 Å². The van der Waals surface area contributed by atoms with Crippen LogP contribution >= 0.6 is 11.3 Å². The zero-order valence-corrected chi connectivity index (χ0v) is 38.2. The predicted octanol–water partition coefficient (Wildman–Crippen LogP) is 9.01. The maximum absolute atomic E-state index is 14.7. The molecular weight excluding hydrogens is 882 g/mol. The molecule has 1 saturated heterocycles. The SMILES string of the molecule is CN(C(=O)OC(C)(C)C)c1ccc(-c2ccc(-c3nc4ccc(N(CCOCCOc5ccc6c(c5)CN(C5CCC(=O)NC5=O)C6=O)C(=O)OC(C)(C)C)cc4s3)c(C(F)(F)F)c2)cn1. The van der Waals surface area contributed by atoms with Crippen molar-refractivity contribution in [2.75, 3.05) is 43.2 Å². The normalized spacial score (nSPS) is 15.4. The minimum atomic E-state index is -4.74. The van der Waals surface area contributed by atoms with Crippen molar-refractivity contribution < 1.29 is 56.1 Å². The quantitative estimate of drug-likeness (QED) is 0.0936. The number of hydrogen-bond donors (Lipinski definition) is 1. The van der Waals surface area contributed by atoms with Gasteiger partial charge in [-0.15, -0.1) is 11.3 Å². The third-order valence-corrected chi connectivity index (χ3v) is 11.4. The fraction of sp³-hybridized carbons (Fsp3) is 0.383. The lowest BCUT2D eigenvalue weighted by molar-refractivity contribution is -0.138. The Balaban J connectivity index is 1.01. The standard InChI is InChI=1S/C47H49F3N6O9S/c1-45(2,3)64-43(60)54(7)38-16-9-28(25-51-38)27-8-12-33(34(23-27)47(48,49)50)41-52-35-14-10-30(24-37(35)66-41)55(44(61)65-46(4,5)6)18-19-62-20-21-63-31-11-13-32-29(22-31)26-56(42(32)59)36-15-17-39(57)53-40(36)58/h8-14,16,22-25,36H,15,17-21,26H2,1-7H3,(H,53,57,58). The minimum absolute atomic E-state index is 0.0655. The van der Waals surface area contributed by atoms with Gasteiger partial charge in [0.2, 0.25) is 11.8 Å². The van der Waals surface area contributed by atoms with Gasteiger partial charge in [0.15, 0.2) is 0 Å². The van der Waals surface area contributed by atoms with Gasteiger partial charge in [-0.25, -0.2) is 19.6 Å². The van der Waals surface area contributed by atoms with Gasteiger partial charge in [-0.05, 0) is 114 Å². The summed E-state index contributed by atoms with van der Waals surface area (Å²) in [6.45, 7) is 11.0. The highest BCUT2D eigenvalue weighted by molar-refractivity contribution is 7.21. The van der Waals surface area contributed by atoms with Crippen LogP contribution in [0.5, 0.6) is 5.75 Å². The molecule has 4 heterocycles. The van der Waals surface area contributed by atoms with Crippen LogP contribution in [0, 0.1) is 0 Å². The molecule has 19 heteroatoms. The van der Waals surface area contributed by atoms with Crippen molar-refractivity contribution in [3.05, 3.63) is 89.6 Å². The Hall–Kier alpha value is -6.60. The van der Waals surface area contributed by atoms with E-state index in [2.05, 4.69) is 15.3 Å². The van der Waals surface area contributed by atoms with Crippen LogP contribution in [0.2, 0.25) is 0 Å². The van der Waals surface area contributed by atoms with Crippen molar-refractivity contribution in [3.63, 3.8) is 0 Å². The van der Waals surface area contributed by atoms with E-state index in [-0.39, 0.29) is 79.5 Å². The first-order chi connectivity index (χ1) is 31.0. The van der Waals surface area contributed by atoms with E-state index in [1.165, 1.54) is 40.1 Å². The Bertz CT molecular complexity index is 2680. The van der Waals surface area contributed by atoms with Gasteiger partial charge in [0.05, 0.1) is 35.5 Å². The molecule has 1 atom stereocenters. The largest absolute Gasteiger partial charge is 0.491 e. The molecule has 66 heavy (non-hydrogen) atoms. The highest BCUT2D eigenvalue weighted by Crippen LogP contribution is 2.42. The summed E-state index contributed by atoms with van der Waals surface area (Å²) in [5.74, 6) is -0.380. The molecule has 7 rings (SSSR count). The summed E-state index contributed by atoms with van der Waals surface area (Å²) in [5.41, 5.74) is 0.101. The lowest BCUT2D eigenvalue weighted by Crippen LogP contribution is -2.52. The number of nitrogens with zero attached hydrogens (tertiary/aromatic N) is 5. The number of alkyl halides is 3. The minimum Gasteiger partial charge on any atom is -0.491 e. The molecule has 348 valence electrons. The van der Waals surface area contributed by atoms with E-state index in [4.69, 9.17) is 18.9 Å². The van der Waals surface area contributed by atoms with Crippen molar-refractivity contribution in [1.82, 2.24) is 20.2 Å². The number of carbonyl (C=O) groups is 5. The van der Waals surface area contributed by atoms with Crippen LogP contribution in [-0.4, -0.2) is 95.4 Å². The number of aromatic nitrogens is 2. The van der Waals surface area contributed by atoms with Crippen LogP contribution < -0.4 is 19.9 Å². The summed E-state index contributed by atoms with van der Waals surface area (Å²) in [4.78, 5) is 76.0. The highest BCUT2D eigenvalue weighted by Gasteiger charge is 2.39. The van der Waals surface area contributed by atoms with Crippen LogP contribution in [0.15, 0.2) is 72.9 Å². The van der Waals surface area contributed by atoms with E-state index in [1.54, 1.807) is 90.1 Å². The second kappa shape index (κ2) is 18.7. The molecule has 2 aliphatic rings. The summed E-state index contributed by atoms with van der Waals surface area (Å²) < 4.78 is 67.4. The molecule has 3 aromatic carbocycles. The maximum Gasteiger partial charge on any atom is 0.417 e. The molecule has 0 saturated carbocycles. The van der Waals surface area contributed by atoms with E-state index in [1.807, 2.05) is 0 Å². The molecule has 1 N–H and O–H groups in total. The summed E-state index contributed by atoms with van der Waals surface area (Å²) in [6.07, 6.45) is -4.21. The predicted molar refractivity (Wildman–Crippen MR) is 240 cm³/mol. The van der Waals surface area contributed by atoms with Crippen molar-refractivity contribution in [2.24, 2.45) is 0 Å². The van der Waals surface area contributed by atoms with E-state index in [0.717, 1.165) is 17.4 Å². The molecule has 0 aliphatic carbocycles. The number of anilines is 2. The summed E-state index contributed by atoms with van der Waals surface area (Å²) in [6, 6.07) is 16.3. The number of ether oxygens (including phenoxy) is 4. The first-order valence-corrected chi connectivity index (χ1v) is 21.9. The average molecular weight is 931 g/mol. The van der Waals surface area contributed by atoms with Crippen molar-refractivity contribution in [1.29, 1.82) is 0 Å². The van der Waals surface area contributed by atoms with Crippen molar-refractivity contribution >= 4 is 63.0 Å². The number of pyridine rings is 1. The van der Waals surface area contributed by atoms with Gasteiger partial charge in [0, 0.05) is 48.6 Å². The Morgan fingerprint density at radius 3 is 2.24 bits per heavy atom. The Labute approximate surface area is 382 Å². The Morgan fingerprint density at radius 2 is 1.56 bits per heavy atom. The number of amides is 5.